The van der Waals surface area contributed by atoms with Crippen LogP contribution in [0.1, 0.15) is 16.8 Å². The molecule has 2 aromatic carbocycles. The number of benzene rings is 2. The van der Waals surface area contributed by atoms with Gasteiger partial charge in [-0.3, -0.25) is 9.59 Å². The highest BCUT2D eigenvalue weighted by atomic mass is 35.5. The highest BCUT2D eigenvalue weighted by molar-refractivity contribution is 6.33. The second-order valence-corrected chi connectivity index (χ2v) is 6.37. The van der Waals surface area contributed by atoms with E-state index in [2.05, 4.69) is 5.32 Å². The van der Waals surface area contributed by atoms with Crippen molar-refractivity contribution in [3.8, 4) is 5.75 Å². The average Bonchev–Trinajstić information content (AvgIpc) is 3.01. The van der Waals surface area contributed by atoms with Crippen LogP contribution in [0, 0.1) is 5.92 Å². The lowest BCUT2D eigenvalue weighted by molar-refractivity contribution is -0.117. The summed E-state index contributed by atoms with van der Waals surface area (Å²) in [6.45, 7) is 1.01. The number of ether oxygens (including phenoxy) is 1. The first-order chi connectivity index (χ1) is 12.1. The Morgan fingerprint density at radius 1 is 1.24 bits per heavy atom. The summed E-state index contributed by atoms with van der Waals surface area (Å²) in [7, 11) is 1.60. The summed E-state index contributed by atoms with van der Waals surface area (Å²) in [4.78, 5) is 26.2. The van der Waals surface area contributed by atoms with Crippen molar-refractivity contribution in [2.24, 2.45) is 5.92 Å². The number of carbonyl (C=O) groups is 2. The molecule has 1 aliphatic rings. The Labute approximate surface area is 151 Å². The summed E-state index contributed by atoms with van der Waals surface area (Å²) >= 11 is 6.03. The van der Waals surface area contributed by atoms with Crippen molar-refractivity contribution < 1.29 is 14.3 Å². The first-order valence-corrected chi connectivity index (χ1v) is 8.43. The number of amides is 2. The molecule has 1 atom stereocenters. The topological polar surface area (TPSA) is 58.6 Å². The maximum Gasteiger partial charge on any atom is 0.252 e. The van der Waals surface area contributed by atoms with Gasteiger partial charge in [0, 0.05) is 31.1 Å². The van der Waals surface area contributed by atoms with Crippen LogP contribution in [0.25, 0.3) is 0 Å². The number of rotatable bonds is 5. The molecule has 1 fully saturated rings. The van der Waals surface area contributed by atoms with Gasteiger partial charge < -0.3 is 15.0 Å². The number of carbonyl (C=O) groups excluding carboxylic acids is 2. The number of halogens is 1. The summed E-state index contributed by atoms with van der Waals surface area (Å²) in [5.74, 6) is 0.656. The molecule has 5 nitrogen and oxygen atoms in total. The average molecular weight is 359 g/mol. The molecule has 0 aromatic heterocycles. The van der Waals surface area contributed by atoms with E-state index in [1.54, 1.807) is 36.3 Å². The van der Waals surface area contributed by atoms with Crippen molar-refractivity contribution in [3.63, 3.8) is 0 Å². The Bertz CT molecular complexity index is 776. The Morgan fingerprint density at radius 2 is 1.96 bits per heavy atom. The van der Waals surface area contributed by atoms with Gasteiger partial charge in [0.1, 0.15) is 5.75 Å². The van der Waals surface area contributed by atoms with Crippen LogP contribution in [0.15, 0.2) is 48.5 Å². The third kappa shape index (κ3) is 3.94. The van der Waals surface area contributed by atoms with Crippen LogP contribution in [0.2, 0.25) is 5.02 Å². The Morgan fingerprint density at radius 3 is 2.64 bits per heavy atom. The van der Waals surface area contributed by atoms with Gasteiger partial charge in [-0.2, -0.15) is 0 Å². The molecule has 6 heteroatoms. The van der Waals surface area contributed by atoms with Gasteiger partial charge >= 0.3 is 0 Å². The third-order valence-electron chi connectivity index (χ3n) is 4.26. The predicted octanol–water partition coefficient (Wildman–Crippen LogP) is 3.13. The first kappa shape index (κ1) is 17.3. The molecule has 2 amide bonds. The van der Waals surface area contributed by atoms with E-state index in [4.69, 9.17) is 16.3 Å². The van der Waals surface area contributed by atoms with Crippen LogP contribution < -0.4 is 15.0 Å². The van der Waals surface area contributed by atoms with Crippen LogP contribution in [-0.2, 0) is 4.79 Å². The molecule has 0 spiro atoms. The highest BCUT2D eigenvalue weighted by Gasteiger charge is 2.30. The molecule has 1 aliphatic heterocycles. The predicted molar refractivity (Wildman–Crippen MR) is 97.2 cm³/mol. The number of hydrogen-bond acceptors (Lipinski definition) is 3. The lowest BCUT2D eigenvalue weighted by Crippen LogP contribution is -2.31. The van der Waals surface area contributed by atoms with Crippen LogP contribution in [-0.4, -0.2) is 32.0 Å². The van der Waals surface area contributed by atoms with Gasteiger partial charge in [0.05, 0.1) is 17.7 Å². The largest absolute Gasteiger partial charge is 0.497 e. The Balaban J connectivity index is 1.59. The van der Waals surface area contributed by atoms with E-state index in [0.717, 1.165) is 11.4 Å². The van der Waals surface area contributed by atoms with Crippen molar-refractivity contribution in [3.05, 3.63) is 59.1 Å². The van der Waals surface area contributed by atoms with Gasteiger partial charge in [-0.1, -0.05) is 23.7 Å². The SMILES string of the molecule is COc1ccc(N2C[C@H](CNC(=O)c3ccccc3Cl)CC2=O)cc1. The Hall–Kier alpha value is -2.53. The van der Waals surface area contributed by atoms with E-state index >= 15 is 0 Å². The van der Waals surface area contributed by atoms with Crippen molar-refractivity contribution >= 4 is 29.1 Å². The number of anilines is 1. The molecule has 25 heavy (non-hydrogen) atoms. The van der Waals surface area contributed by atoms with E-state index < -0.39 is 0 Å². The lowest BCUT2D eigenvalue weighted by atomic mass is 10.1. The van der Waals surface area contributed by atoms with Crippen LogP contribution >= 0.6 is 11.6 Å². The van der Waals surface area contributed by atoms with Crippen molar-refractivity contribution in [1.29, 1.82) is 0 Å². The third-order valence-corrected chi connectivity index (χ3v) is 4.59. The molecule has 2 aromatic rings. The van der Waals surface area contributed by atoms with Crippen molar-refractivity contribution in [2.45, 2.75) is 6.42 Å². The molecule has 0 radical (unpaired) electrons. The normalized spacial score (nSPS) is 16.8. The minimum Gasteiger partial charge on any atom is -0.497 e. The first-order valence-electron chi connectivity index (χ1n) is 8.05. The number of methoxy groups -OCH3 is 1. The van der Waals surface area contributed by atoms with E-state index in [1.165, 1.54) is 0 Å². The molecular weight excluding hydrogens is 340 g/mol. The molecule has 0 bridgehead atoms. The standard InChI is InChI=1S/C19H19ClN2O3/c1-25-15-8-6-14(7-9-15)22-12-13(10-18(22)23)11-21-19(24)16-4-2-3-5-17(16)20/h2-9,13H,10-12H2,1H3,(H,21,24)/t13-/m0/s1. The molecule has 0 saturated carbocycles. The monoisotopic (exact) mass is 358 g/mol. The molecule has 0 unspecified atom stereocenters. The summed E-state index contributed by atoms with van der Waals surface area (Å²) in [5.41, 5.74) is 1.28. The second-order valence-electron chi connectivity index (χ2n) is 5.96. The molecule has 1 saturated heterocycles. The van der Waals surface area contributed by atoms with Gasteiger partial charge in [-0.25, -0.2) is 0 Å². The van der Waals surface area contributed by atoms with E-state index in [1.807, 2.05) is 24.3 Å². The van der Waals surface area contributed by atoms with Gasteiger partial charge in [-0.05, 0) is 36.4 Å². The zero-order valence-corrected chi connectivity index (χ0v) is 14.6. The van der Waals surface area contributed by atoms with Gasteiger partial charge in [0.25, 0.3) is 5.91 Å². The van der Waals surface area contributed by atoms with E-state index in [-0.39, 0.29) is 17.7 Å². The summed E-state index contributed by atoms with van der Waals surface area (Å²) < 4.78 is 5.13. The molecular formula is C19H19ClN2O3. The number of nitrogens with zero attached hydrogens (tertiary/aromatic N) is 1. The molecule has 3 rings (SSSR count). The Kier molecular flexibility index (Phi) is 5.24. The minimum absolute atomic E-state index is 0.0576. The molecule has 1 heterocycles. The fraction of sp³-hybridized carbons (Fsp3) is 0.263. The maximum absolute atomic E-state index is 12.3. The van der Waals surface area contributed by atoms with Gasteiger partial charge in [0.15, 0.2) is 0 Å². The summed E-state index contributed by atoms with van der Waals surface area (Å²) in [5, 5.41) is 3.29. The fourth-order valence-corrected chi connectivity index (χ4v) is 3.13. The highest BCUT2D eigenvalue weighted by Crippen LogP contribution is 2.26. The van der Waals surface area contributed by atoms with Gasteiger partial charge in [0.2, 0.25) is 5.91 Å². The van der Waals surface area contributed by atoms with Crippen molar-refractivity contribution in [1.82, 2.24) is 5.32 Å². The molecule has 0 aliphatic carbocycles. The summed E-state index contributed by atoms with van der Waals surface area (Å²) in [6.07, 6.45) is 0.412. The van der Waals surface area contributed by atoms with E-state index in [9.17, 15) is 9.59 Å². The van der Waals surface area contributed by atoms with Crippen LogP contribution in [0.3, 0.4) is 0 Å². The van der Waals surface area contributed by atoms with Crippen LogP contribution in [0.5, 0.6) is 5.75 Å². The lowest BCUT2D eigenvalue weighted by Gasteiger charge is -2.17. The fourth-order valence-electron chi connectivity index (χ4n) is 2.91. The zero-order valence-electron chi connectivity index (χ0n) is 13.9. The van der Waals surface area contributed by atoms with Crippen LogP contribution in [0.4, 0.5) is 5.69 Å². The molecule has 130 valence electrons. The molecule has 1 N–H and O–H groups in total. The van der Waals surface area contributed by atoms with Crippen molar-refractivity contribution in [2.75, 3.05) is 25.1 Å². The smallest absolute Gasteiger partial charge is 0.252 e. The van der Waals surface area contributed by atoms with Gasteiger partial charge in [-0.15, -0.1) is 0 Å². The van der Waals surface area contributed by atoms with E-state index in [0.29, 0.717) is 30.1 Å². The second kappa shape index (κ2) is 7.57. The minimum atomic E-state index is -0.221. The number of nitrogens with one attached hydrogen (secondary N) is 1. The maximum atomic E-state index is 12.3. The summed E-state index contributed by atoms with van der Waals surface area (Å²) in [6, 6.07) is 14.3. The quantitative estimate of drug-likeness (QED) is 0.893. The zero-order chi connectivity index (χ0) is 17.8. The number of hydrogen-bond donors (Lipinski definition) is 1.